The molecule has 0 spiro atoms. The van der Waals surface area contributed by atoms with E-state index in [9.17, 15) is 9.90 Å². The molecule has 0 fully saturated rings. The minimum Gasteiger partial charge on any atom is -0.389 e. The van der Waals surface area contributed by atoms with Gasteiger partial charge in [-0.25, -0.2) is 0 Å². The zero-order valence-corrected chi connectivity index (χ0v) is 12.6. The highest BCUT2D eigenvalue weighted by atomic mass is 127. The molecule has 0 heterocycles. The average molecular weight is 367 g/mol. The highest BCUT2D eigenvalue weighted by Crippen LogP contribution is 2.16. The van der Waals surface area contributed by atoms with Crippen LogP contribution in [0.2, 0.25) is 0 Å². The fourth-order valence-electron chi connectivity index (χ4n) is 1.68. The van der Waals surface area contributed by atoms with Gasteiger partial charge in [-0.15, -0.1) is 0 Å². The molecule has 0 radical (unpaired) electrons. The number of hydrogen-bond donors (Lipinski definition) is 2. The van der Waals surface area contributed by atoms with E-state index >= 15 is 0 Å². The van der Waals surface area contributed by atoms with Gasteiger partial charge < -0.3 is 10.4 Å². The van der Waals surface area contributed by atoms with E-state index in [1.807, 2.05) is 18.2 Å². The van der Waals surface area contributed by atoms with Gasteiger partial charge in [-0.1, -0.05) is 18.2 Å². The van der Waals surface area contributed by atoms with Crippen LogP contribution in [0.25, 0.3) is 0 Å². The van der Waals surface area contributed by atoms with Gasteiger partial charge in [0.05, 0.1) is 6.10 Å². The van der Waals surface area contributed by atoms with Crippen LogP contribution < -0.4 is 5.32 Å². The van der Waals surface area contributed by atoms with Crippen molar-refractivity contribution in [1.82, 2.24) is 0 Å². The summed E-state index contributed by atoms with van der Waals surface area (Å²) in [6, 6.07) is 14.6. The number of amides is 1. The first-order chi connectivity index (χ1) is 9.06. The predicted octanol–water partition coefficient (Wildman–Crippen LogP) is 3.60. The summed E-state index contributed by atoms with van der Waals surface area (Å²) in [7, 11) is 0. The standard InChI is InChI=1S/C15H14INO2/c1-10(18)11-5-7-14(8-6-11)17-15(19)12-3-2-4-13(16)9-12/h2-10,18H,1H3,(H,17,19)/t10-/m0/s1. The normalized spacial score (nSPS) is 11.9. The van der Waals surface area contributed by atoms with Crippen LogP contribution in [0.4, 0.5) is 5.69 Å². The lowest BCUT2D eigenvalue weighted by molar-refractivity contribution is 0.102. The number of aliphatic hydroxyl groups excluding tert-OH is 1. The molecular formula is C15H14INO2. The zero-order valence-electron chi connectivity index (χ0n) is 10.4. The third kappa shape index (κ3) is 3.78. The van der Waals surface area contributed by atoms with Gasteiger partial charge in [0.25, 0.3) is 5.91 Å². The number of nitrogens with one attached hydrogen (secondary N) is 1. The summed E-state index contributed by atoms with van der Waals surface area (Å²) in [6.45, 7) is 1.71. The monoisotopic (exact) mass is 367 g/mol. The Labute approximate surface area is 125 Å². The van der Waals surface area contributed by atoms with E-state index in [2.05, 4.69) is 27.9 Å². The number of rotatable bonds is 3. The van der Waals surface area contributed by atoms with E-state index in [1.165, 1.54) is 0 Å². The molecule has 0 saturated heterocycles. The minimum absolute atomic E-state index is 0.136. The summed E-state index contributed by atoms with van der Waals surface area (Å²) in [4.78, 5) is 12.0. The van der Waals surface area contributed by atoms with Crippen molar-refractivity contribution in [3.05, 3.63) is 63.2 Å². The second-order valence-electron chi connectivity index (χ2n) is 4.26. The third-order valence-electron chi connectivity index (χ3n) is 2.74. The van der Waals surface area contributed by atoms with Crippen molar-refractivity contribution in [2.24, 2.45) is 0 Å². The minimum atomic E-state index is -0.500. The fourth-order valence-corrected chi connectivity index (χ4v) is 2.22. The topological polar surface area (TPSA) is 49.3 Å². The molecule has 4 heteroatoms. The average Bonchev–Trinajstić information content (AvgIpc) is 2.39. The molecule has 1 amide bonds. The molecule has 2 aromatic rings. The van der Waals surface area contributed by atoms with Crippen molar-refractivity contribution in [3.8, 4) is 0 Å². The Morgan fingerprint density at radius 1 is 1.21 bits per heavy atom. The van der Waals surface area contributed by atoms with E-state index in [1.54, 1.807) is 37.3 Å². The molecule has 0 aliphatic rings. The van der Waals surface area contributed by atoms with E-state index < -0.39 is 6.10 Å². The number of benzene rings is 2. The Balaban J connectivity index is 2.10. The molecule has 1 atom stereocenters. The second kappa shape index (κ2) is 6.16. The van der Waals surface area contributed by atoms with Gasteiger partial charge >= 0.3 is 0 Å². The second-order valence-corrected chi connectivity index (χ2v) is 5.51. The smallest absolute Gasteiger partial charge is 0.255 e. The van der Waals surface area contributed by atoms with Gasteiger partial charge in [0, 0.05) is 14.8 Å². The van der Waals surface area contributed by atoms with Gasteiger partial charge in [-0.05, 0) is 65.4 Å². The number of anilines is 1. The molecule has 3 nitrogen and oxygen atoms in total. The van der Waals surface area contributed by atoms with Crippen LogP contribution in [-0.4, -0.2) is 11.0 Å². The van der Waals surface area contributed by atoms with E-state index in [0.717, 1.165) is 9.13 Å². The quantitative estimate of drug-likeness (QED) is 0.815. The molecule has 98 valence electrons. The largest absolute Gasteiger partial charge is 0.389 e. The Bertz CT molecular complexity index is 579. The van der Waals surface area contributed by atoms with Crippen LogP contribution in [-0.2, 0) is 0 Å². The lowest BCUT2D eigenvalue weighted by Crippen LogP contribution is -2.11. The zero-order chi connectivity index (χ0) is 13.8. The van der Waals surface area contributed by atoms with Crippen molar-refractivity contribution >= 4 is 34.2 Å². The third-order valence-corrected chi connectivity index (χ3v) is 3.41. The van der Waals surface area contributed by atoms with Gasteiger partial charge in [-0.3, -0.25) is 4.79 Å². The number of aliphatic hydroxyl groups is 1. The van der Waals surface area contributed by atoms with Gasteiger partial charge in [-0.2, -0.15) is 0 Å². The first-order valence-electron chi connectivity index (χ1n) is 5.91. The maximum absolute atomic E-state index is 12.0. The van der Waals surface area contributed by atoms with Crippen molar-refractivity contribution in [2.75, 3.05) is 5.32 Å². The van der Waals surface area contributed by atoms with Crippen LogP contribution >= 0.6 is 22.6 Å². The molecule has 0 saturated carbocycles. The Morgan fingerprint density at radius 3 is 2.47 bits per heavy atom. The van der Waals surface area contributed by atoms with Crippen LogP contribution in [0.1, 0.15) is 28.9 Å². The van der Waals surface area contributed by atoms with Crippen molar-refractivity contribution in [1.29, 1.82) is 0 Å². The summed E-state index contributed by atoms with van der Waals surface area (Å²) in [5.41, 5.74) is 2.17. The molecule has 2 aromatic carbocycles. The number of hydrogen-bond acceptors (Lipinski definition) is 2. The molecule has 0 aliphatic heterocycles. The Morgan fingerprint density at radius 2 is 1.89 bits per heavy atom. The van der Waals surface area contributed by atoms with E-state index in [-0.39, 0.29) is 5.91 Å². The molecule has 2 N–H and O–H groups in total. The SMILES string of the molecule is C[C@H](O)c1ccc(NC(=O)c2cccc(I)c2)cc1. The molecule has 0 bridgehead atoms. The molecule has 0 unspecified atom stereocenters. The van der Waals surface area contributed by atoms with Crippen LogP contribution in [0, 0.1) is 3.57 Å². The number of carbonyl (C=O) groups is 1. The lowest BCUT2D eigenvalue weighted by Gasteiger charge is -2.08. The highest BCUT2D eigenvalue weighted by Gasteiger charge is 2.07. The lowest BCUT2D eigenvalue weighted by atomic mass is 10.1. The molecule has 0 aliphatic carbocycles. The summed E-state index contributed by atoms with van der Waals surface area (Å²) >= 11 is 2.17. The summed E-state index contributed by atoms with van der Waals surface area (Å²) in [6.07, 6.45) is -0.500. The van der Waals surface area contributed by atoms with Crippen molar-refractivity contribution in [3.63, 3.8) is 0 Å². The van der Waals surface area contributed by atoms with Gasteiger partial charge in [0.15, 0.2) is 0 Å². The van der Waals surface area contributed by atoms with Crippen LogP contribution in [0.3, 0.4) is 0 Å². The van der Waals surface area contributed by atoms with Gasteiger partial charge in [0.2, 0.25) is 0 Å². The fraction of sp³-hybridized carbons (Fsp3) is 0.133. The van der Waals surface area contributed by atoms with Crippen molar-refractivity contribution in [2.45, 2.75) is 13.0 Å². The summed E-state index contributed by atoms with van der Waals surface area (Å²) in [5, 5.41) is 12.2. The highest BCUT2D eigenvalue weighted by molar-refractivity contribution is 14.1. The Kier molecular flexibility index (Phi) is 4.55. The van der Waals surface area contributed by atoms with E-state index in [4.69, 9.17) is 0 Å². The van der Waals surface area contributed by atoms with Gasteiger partial charge in [0.1, 0.15) is 0 Å². The molecular weight excluding hydrogens is 353 g/mol. The first-order valence-corrected chi connectivity index (χ1v) is 6.99. The number of carbonyl (C=O) groups excluding carboxylic acids is 1. The number of halogens is 1. The maximum atomic E-state index is 12.0. The molecule has 19 heavy (non-hydrogen) atoms. The first kappa shape index (κ1) is 14.0. The Hall–Kier alpha value is -1.40. The van der Waals surface area contributed by atoms with Crippen LogP contribution in [0.15, 0.2) is 48.5 Å². The summed E-state index contributed by atoms with van der Waals surface area (Å²) < 4.78 is 1.02. The summed E-state index contributed by atoms with van der Waals surface area (Å²) in [5.74, 6) is -0.136. The predicted molar refractivity (Wildman–Crippen MR) is 84.2 cm³/mol. The van der Waals surface area contributed by atoms with Crippen molar-refractivity contribution < 1.29 is 9.90 Å². The van der Waals surface area contributed by atoms with Crippen LogP contribution in [0.5, 0.6) is 0 Å². The molecule has 0 aromatic heterocycles. The maximum Gasteiger partial charge on any atom is 0.255 e. The molecule has 2 rings (SSSR count). The van der Waals surface area contributed by atoms with E-state index in [0.29, 0.717) is 11.3 Å².